The Morgan fingerprint density at radius 1 is 1.50 bits per heavy atom. The first-order valence-corrected chi connectivity index (χ1v) is 6.76. The predicted octanol–water partition coefficient (Wildman–Crippen LogP) is 0.0673. The lowest BCUT2D eigenvalue weighted by molar-refractivity contribution is -0.135. The maximum absolute atomic E-state index is 12.1. The third kappa shape index (κ3) is 5.80. The zero-order valence-corrected chi connectivity index (χ0v) is 12.0. The summed E-state index contributed by atoms with van der Waals surface area (Å²) in [6.45, 7) is 7.27. The molecule has 0 aromatic carbocycles. The number of amides is 1. The number of hydrogen-bond acceptors (Lipinski definition) is 4. The number of nitrogens with one attached hydrogen (secondary N) is 2. The van der Waals surface area contributed by atoms with Gasteiger partial charge in [-0.15, -0.1) is 0 Å². The van der Waals surface area contributed by atoms with Gasteiger partial charge >= 0.3 is 0 Å². The zero-order chi connectivity index (χ0) is 13.5. The van der Waals surface area contributed by atoms with Gasteiger partial charge in [0.25, 0.3) is 5.91 Å². The van der Waals surface area contributed by atoms with E-state index in [2.05, 4.69) is 29.4 Å². The highest BCUT2D eigenvalue weighted by molar-refractivity contribution is 5.81. The van der Waals surface area contributed by atoms with Crippen LogP contribution in [0.5, 0.6) is 0 Å². The first-order valence-electron chi connectivity index (χ1n) is 6.76. The van der Waals surface area contributed by atoms with Gasteiger partial charge in [0, 0.05) is 25.7 Å². The maximum atomic E-state index is 12.1. The van der Waals surface area contributed by atoms with Crippen molar-refractivity contribution in [3.8, 4) is 0 Å². The molecular formula is C13H27N3O2. The fraction of sp³-hybridized carbons (Fsp3) is 0.923. The Balaban J connectivity index is 2.44. The average Bonchev–Trinajstić information content (AvgIpc) is 2.28. The monoisotopic (exact) mass is 257 g/mol. The summed E-state index contributed by atoms with van der Waals surface area (Å²) in [5.41, 5.74) is 0. The van der Waals surface area contributed by atoms with Crippen molar-refractivity contribution in [1.82, 2.24) is 15.5 Å². The highest BCUT2D eigenvalue weighted by atomic mass is 16.5. The smallest absolute Gasteiger partial charge is 0.250 e. The molecule has 2 unspecified atom stereocenters. The van der Waals surface area contributed by atoms with Crippen LogP contribution in [-0.2, 0) is 9.53 Å². The SMILES string of the molecule is CC(C)CC(CN(C)C)NC(=O)C1CNCCO1. The molecule has 1 aliphatic rings. The van der Waals surface area contributed by atoms with E-state index in [-0.39, 0.29) is 18.1 Å². The van der Waals surface area contributed by atoms with Gasteiger partial charge in [0.1, 0.15) is 6.10 Å². The quantitative estimate of drug-likeness (QED) is 0.707. The minimum atomic E-state index is -0.337. The van der Waals surface area contributed by atoms with E-state index in [1.807, 2.05) is 14.1 Å². The van der Waals surface area contributed by atoms with Gasteiger partial charge in [-0.05, 0) is 26.4 Å². The lowest BCUT2D eigenvalue weighted by atomic mass is 10.0. The molecule has 0 spiro atoms. The minimum Gasteiger partial charge on any atom is -0.366 e. The van der Waals surface area contributed by atoms with E-state index in [0.717, 1.165) is 19.5 Å². The minimum absolute atomic E-state index is 0.00898. The highest BCUT2D eigenvalue weighted by Gasteiger charge is 2.24. The number of rotatable bonds is 6. The normalized spacial score (nSPS) is 22.2. The van der Waals surface area contributed by atoms with E-state index >= 15 is 0 Å². The number of hydrogen-bond donors (Lipinski definition) is 2. The number of carbonyl (C=O) groups excluding carboxylic acids is 1. The average molecular weight is 257 g/mol. The van der Waals surface area contributed by atoms with Gasteiger partial charge in [-0.2, -0.15) is 0 Å². The van der Waals surface area contributed by atoms with E-state index in [0.29, 0.717) is 19.1 Å². The second kappa shape index (κ2) is 7.71. The second-order valence-electron chi connectivity index (χ2n) is 5.66. The van der Waals surface area contributed by atoms with Crippen molar-refractivity contribution in [1.29, 1.82) is 0 Å². The molecule has 2 N–H and O–H groups in total. The molecule has 1 heterocycles. The Hall–Kier alpha value is -0.650. The van der Waals surface area contributed by atoms with E-state index in [1.165, 1.54) is 0 Å². The van der Waals surface area contributed by atoms with Gasteiger partial charge in [0.05, 0.1) is 6.61 Å². The van der Waals surface area contributed by atoms with E-state index in [9.17, 15) is 4.79 Å². The highest BCUT2D eigenvalue weighted by Crippen LogP contribution is 2.07. The lowest BCUT2D eigenvalue weighted by Crippen LogP contribution is -2.52. The van der Waals surface area contributed by atoms with Crippen LogP contribution in [0, 0.1) is 5.92 Å². The fourth-order valence-electron chi connectivity index (χ4n) is 2.22. The van der Waals surface area contributed by atoms with Crippen LogP contribution < -0.4 is 10.6 Å². The topological polar surface area (TPSA) is 53.6 Å². The predicted molar refractivity (Wildman–Crippen MR) is 72.5 cm³/mol. The Labute approximate surface area is 110 Å². The van der Waals surface area contributed by atoms with Crippen LogP contribution in [0.25, 0.3) is 0 Å². The first-order chi connectivity index (χ1) is 8.49. The first kappa shape index (κ1) is 15.4. The van der Waals surface area contributed by atoms with Gasteiger partial charge in [0.15, 0.2) is 0 Å². The van der Waals surface area contributed by atoms with Crippen molar-refractivity contribution in [2.75, 3.05) is 40.3 Å². The van der Waals surface area contributed by atoms with Crippen molar-refractivity contribution >= 4 is 5.91 Å². The molecule has 1 fully saturated rings. The molecule has 2 atom stereocenters. The number of morpholine rings is 1. The molecule has 106 valence electrons. The summed E-state index contributed by atoms with van der Waals surface area (Å²) < 4.78 is 5.46. The molecule has 0 aromatic heterocycles. The van der Waals surface area contributed by atoms with Crippen molar-refractivity contribution in [3.63, 3.8) is 0 Å². The maximum Gasteiger partial charge on any atom is 0.250 e. The molecule has 1 rings (SSSR count). The van der Waals surface area contributed by atoms with Crippen LogP contribution in [0.15, 0.2) is 0 Å². The number of ether oxygens (including phenoxy) is 1. The van der Waals surface area contributed by atoms with Crippen molar-refractivity contribution in [3.05, 3.63) is 0 Å². The zero-order valence-electron chi connectivity index (χ0n) is 12.0. The van der Waals surface area contributed by atoms with Gasteiger partial charge in [-0.25, -0.2) is 0 Å². The van der Waals surface area contributed by atoms with Gasteiger partial charge in [0.2, 0.25) is 0 Å². The molecule has 1 saturated heterocycles. The van der Waals surface area contributed by atoms with Crippen LogP contribution in [0.1, 0.15) is 20.3 Å². The van der Waals surface area contributed by atoms with Crippen molar-refractivity contribution < 1.29 is 9.53 Å². The van der Waals surface area contributed by atoms with Crippen molar-refractivity contribution in [2.45, 2.75) is 32.4 Å². The summed E-state index contributed by atoms with van der Waals surface area (Å²) in [5, 5.41) is 6.28. The summed E-state index contributed by atoms with van der Waals surface area (Å²) in [7, 11) is 4.05. The Morgan fingerprint density at radius 2 is 2.22 bits per heavy atom. The van der Waals surface area contributed by atoms with Crippen LogP contribution >= 0.6 is 0 Å². The molecule has 0 saturated carbocycles. The summed E-state index contributed by atoms with van der Waals surface area (Å²) in [6, 6.07) is 0.193. The lowest BCUT2D eigenvalue weighted by Gasteiger charge is -2.28. The fourth-order valence-corrected chi connectivity index (χ4v) is 2.22. The Bertz CT molecular complexity index is 241. The van der Waals surface area contributed by atoms with E-state index in [4.69, 9.17) is 4.74 Å². The molecule has 0 aliphatic carbocycles. The summed E-state index contributed by atoms with van der Waals surface area (Å²) in [4.78, 5) is 14.2. The molecule has 5 heteroatoms. The third-order valence-electron chi connectivity index (χ3n) is 2.91. The molecule has 5 nitrogen and oxygen atoms in total. The number of carbonyl (C=O) groups is 1. The van der Waals surface area contributed by atoms with Crippen LogP contribution in [0.4, 0.5) is 0 Å². The molecule has 1 amide bonds. The molecule has 1 aliphatic heterocycles. The van der Waals surface area contributed by atoms with Gasteiger partial charge in [-0.3, -0.25) is 4.79 Å². The third-order valence-corrected chi connectivity index (χ3v) is 2.91. The van der Waals surface area contributed by atoms with Crippen LogP contribution in [-0.4, -0.2) is 63.3 Å². The van der Waals surface area contributed by atoms with E-state index < -0.39 is 0 Å². The summed E-state index contributed by atoms with van der Waals surface area (Å²) in [6.07, 6.45) is 0.653. The largest absolute Gasteiger partial charge is 0.366 e. The second-order valence-corrected chi connectivity index (χ2v) is 5.66. The molecule has 18 heavy (non-hydrogen) atoms. The van der Waals surface area contributed by atoms with Crippen LogP contribution in [0.2, 0.25) is 0 Å². The standard InChI is InChI=1S/C13H27N3O2/c1-10(2)7-11(9-16(3)4)15-13(17)12-8-14-5-6-18-12/h10-12,14H,5-9H2,1-4H3,(H,15,17). The molecule has 0 radical (unpaired) electrons. The summed E-state index contributed by atoms with van der Waals surface area (Å²) in [5.74, 6) is 0.579. The summed E-state index contributed by atoms with van der Waals surface area (Å²) >= 11 is 0. The molecule has 0 bridgehead atoms. The number of likely N-dealkylation sites (N-methyl/N-ethyl adjacent to an activating group) is 1. The Morgan fingerprint density at radius 3 is 2.72 bits per heavy atom. The van der Waals surface area contributed by atoms with Crippen LogP contribution in [0.3, 0.4) is 0 Å². The van der Waals surface area contributed by atoms with Gasteiger partial charge in [-0.1, -0.05) is 13.8 Å². The molecule has 0 aromatic rings. The Kier molecular flexibility index (Phi) is 6.60. The van der Waals surface area contributed by atoms with Gasteiger partial charge < -0.3 is 20.3 Å². The van der Waals surface area contributed by atoms with Crippen molar-refractivity contribution in [2.24, 2.45) is 5.92 Å². The number of nitrogens with zero attached hydrogens (tertiary/aromatic N) is 1. The molecular weight excluding hydrogens is 230 g/mol. The van der Waals surface area contributed by atoms with E-state index in [1.54, 1.807) is 0 Å².